The molecular formula is C32H62O4. The van der Waals surface area contributed by atoms with Crippen LogP contribution in [0.4, 0.5) is 0 Å². The maximum atomic E-state index is 11.9. The van der Waals surface area contributed by atoms with Gasteiger partial charge < -0.3 is 9.47 Å². The molecule has 0 fully saturated rings. The molecule has 0 heterocycles. The SMILES string of the molecule is CCCCCCCCCCCCCCCCCCC(=O)OCC(C)OC(=O)CCCCCCCCC. The van der Waals surface area contributed by atoms with Crippen LogP contribution in [-0.4, -0.2) is 24.6 Å². The Balaban J connectivity index is 3.38. The first-order chi connectivity index (χ1) is 17.6. The first-order valence-electron chi connectivity index (χ1n) is 15.9. The molecule has 0 aliphatic carbocycles. The molecule has 0 aromatic carbocycles. The maximum absolute atomic E-state index is 11.9. The van der Waals surface area contributed by atoms with Gasteiger partial charge in [0.1, 0.15) is 12.7 Å². The Kier molecular flexibility index (Phi) is 27.7. The van der Waals surface area contributed by atoms with Gasteiger partial charge in [-0.05, 0) is 19.8 Å². The van der Waals surface area contributed by atoms with Crippen LogP contribution in [0.1, 0.15) is 181 Å². The summed E-state index contributed by atoms with van der Waals surface area (Å²) < 4.78 is 10.7. The number of hydrogen-bond acceptors (Lipinski definition) is 4. The van der Waals surface area contributed by atoms with E-state index in [9.17, 15) is 9.59 Å². The third-order valence-electron chi connectivity index (χ3n) is 7.03. The molecule has 0 saturated heterocycles. The fourth-order valence-corrected chi connectivity index (χ4v) is 4.64. The molecule has 0 aliphatic rings. The summed E-state index contributed by atoms with van der Waals surface area (Å²) in [5.41, 5.74) is 0. The van der Waals surface area contributed by atoms with E-state index >= 15 is 0 Å². The normalized spacial score (nSPS) is 12.0. The summed E-state index contributed by atoms with van der Waals surface area (Å²) in [5.74, 6) is -0.347. The van der Waals surface area contributed by atoms with Crippen molar-refractivity contribution in [1.29, 1.82) is 0 Å². The van der Waals surface area contributed by atoms with Gasteiger partial charge in [-0.3, -0.25) is 9.59 Å². The van der Waals surface area contributed by atoms with Crippen molar-refractivity contribution in [2.45, 2.75) is 187 Å². The van der Waals surface area contributed by atoms with Crippen molar-refractivity contribution < 1.29 is 19.1 Å². The molecular weight excluding hydrogens is 448 g/mol. The highest BCUT2D eigenvalue weighted by Gasteiger charge is 2.12. The number of carbonyl (C=O) groups excluding carboxylic acids is 2. The van der Waals surface area contributed by atoms with E-state index in [1.807, 2.05) is 0 Å². The molecule has 0 rings (SSSR count). The molecule has 0 saturated carbocycles. The van der Waals surface area contributed by atoms with E-state index in [1.165, 1.54) is 122 Å². The zero-order chi connectivity index (χ0) is 26.5. The fourth-order valence-electron chi connectivity index (χ4n) is 4.64. The number of rotatable bonds is 28. The van der Waals surface area contributed by atoms with Crippen LogP contribution >= 0.6 is 0 Å². The second kappa shape index (κ2) is 28.5. The summed E-state index contributed by atoms with van der Waals surface area (Å²) >= 11 is 0. The summed E-state index contributed by atoms with van der Waals surface area (Å²) in [5, 5.41) is 0. The summed E-state index contributed by atoms with van der Waals surface area (Å²) in [6.45, 7) is 6.46. The molecule has 0 bridgehead atoms. The number of unbranched alkanes of at least 4 members (excludes halogenated alkanes) is 21. The van der Waals surface area contributed by atoms with Gasteiger partial charge in [-0.1, -0.05) is 149 Å². The predicted octanol–water partition coefficient (Wildman–Crippen LogP) is 10.3. The predicted molar refractivity (Wildman–Crippen MR) is 153 cm³/mol. The van der Waals surface area contributed by atoms with Crippen LogP contribution < -0.4 is 0 Å². The van der Waals surface area contributed by atoms with E-state index in [2.05, 4.69) is 13.8 Å². The van der Waals surface area contributed by atoms with Gasteiger partial charge in [0.25, 0.3) is 0 Å². The molecule has 0 N–H and O–H groups in total. The molecule has 0 spiro atoms. The smallest absolute Gasteiger partial charge is 0.306 e. The van der Waals surface area contributed by atoms with Gasteiger partial charge in [0.15, 0.2) is 0 Å². The van der Waals surface area contributed by atoms with Crippen LogP contribution in [-0.2, 0) is 19.1 Å². The van der Waals surface area contributed by atoms with Gasteiger partial charge >= 0.3 is 11.9 Å². The second-order valence-electron chi connectivity index (χ2n) is 10.9. The molecule has 0 aromatic heterocycles. The molecule has 4 nitrogen and oxygen atoms in total. The van der Waals surface area contributed by atoms with Crippen LogP contribution in [0, 0.1) is 0 Å². The van der Waals surface area contributed by atoms with E-state index in [0.29, 0.717) is 12.8 Å². The fraction of sp³-hybridized carbons (Fsp3) is 0.938. The summed E-state index contributed by atoms with van der Waals surface area (Å²) in [6.07, 6.45) is 30.1. The van der Waals surface area contributed by atoms with Gasteiger partial charge in [0.2, 0.25) is 0 Å². The molecule has 0 aliphatic heterocycles. The van der Waals surface area contributed by atoms with Crippen molar-refractivity contribution in [3.8, 4) is 0 Å². The van der Waals surface area contributed by atoms with Crippen LogP contribution in [0.15, 0.2) is 0 Å². The van der Waals surface area contributed by atoms with E-state index in [4.69, 9.17) is 9.47 Å². The molecule has 1 atom stereocenters. The second-order valence-corrected chi connectivity index (χ2v) is 10.9. The molecule has 0 amide bonds. The van der Waals surface area contributed by atoms with Crippen molar-refractivity contribution in [3.63, 3.8) is 0 Å². The Labute approximate surface area is 225 Å². The number of esters is 2. The van der Waals surface area contributed by atoms with Crippen LogP contribution in [0.5, 0.6) is 0 Å². The maximum Gasteiger partial charge on any atom is 0.306 e. The van der Waals surface area contributed by atoms with Crippen LogP contribution in [0.25, 0.3) is 0 Å². The minimum absolute atomic E-state index is 0.167. The standard InChI is InChI=1S/C32H62O4/c1-4-6-8-10-12-13-14-15-16-17-18-19-20-22-23-25-27-31(33)35-29-30(3)36-32(34)28-26-24-21-11-9-7-5-2/h30H,4-29H2,1-3H3. The third kappa shape index (κ3) is 27.5. The van der Waals surface area contributed by atoms with Crippen molar-refractivity contribution in [2.75, 3.05) is 6.61 Å². The van der Waals surface area contributed by atoms with E-state index in [-0.39, 0.29) is 24.6 Å². The van der Waals surface area contributed by atoms with Crippen molar-refractivity contribution in [2.24, 2.45) is 0 Å². The van der Waals surface area contributed by atoms with Gasteiger partial charge in [-0.25, -0.2) is 0 Å². The number of carbonyl (C=O) groups is 2. The zero-order valence-electron chi connectivity index (χ0n) is 24.6. The Hall–Kier alpha value is -1.06. The lowest BCUT2D eigenvalue weighted by atomic mass is 10.0. The minimum Gasteiger partial charge on any atom is -0.462 e. The van der Waals surface area contributed by atoms with Gasteiger partial charge in [0, 0.05) is 12.8 Å². The zero-order valence-corrected chi connectivity index (χ0v) is 24.6. The summed E-state index contributed by atoms with van der Waals surface area (Å²) in [4.78, 5) is 23.8. The lowest BCUT2D eigenvalue weighted by molar-refractivity contribution is -0.158. The topological polar surface area (TPSA) is 52.6 Å². The average Bonchev–Trinajstić information content (AvgIpc) is 2.86. The lowest BCUT2D eigenvalue weighted by Gasteiger charge is -2.13. The highest BCUT2D eigenvalue weighted by Crippen LogP contribution is 2.14. The highest BCUT2D eigenvalue weighted by molar-refractivity contribution is 5.70. The summed E-state index contributed by atoms with van der Waals surface area (Å²) in [7, 11) is 0. The van der Waals surface area contributed by atoms with Gasteiger partial charge in [0.05, 0.1) is 0 Å². The van der Waals surface area contributed by atoms with Gasteiger partial charge in [-0.2, -0.15) is 0 Å². The van der Waals surface area contributed by atoms with E-state index < -0.39 is 0 Å². The largest absolute Gasteiger partial charge is 0.462 e. The number of hydrogen-bond donors (Lipinski definition) is 0. The quantitative estimate of drug-likeness (QED) is 0.0775. The molecule has 214 valence electrons. The molecule has 0 radical (unpaired) electrons. The van der Waals surface area contributed by atoms with Crippen molar-refractivity contribution in [3.05, 3.63) is 0 Å². The summed E-state index contributed by atoms with van der Waals surface area (Å²) in [6, 6.07) is 0. The lowest BCUT2D eigenvalue weighted by Crippen LogP contribution is -2.22. The Morgan fingerprint density at radius 1 is 0.472 bits per heavy atom. The van der Waals surface area contributed by atoms with Crippen molar-refractivity contribution >= 4 is 11.9 Å². The van der Waals surface area contributed by atoms with Crippen LogP contribution in [0.2, 0.25) is 0 Å². The monoisotopic (exact) mass is 510 g/mol. The van der Waals surface area contributed by atoms with E-state index in [1.54, 1.807) is 6.92 Å². The van der Waals surface area contributed by atoms with Crippen LogP contribution in [0.3, 0.4) is 0 Å². The first kappa shape index (κ1) is 34.9. The Morgan fingerprint density at radius 2 is 0.778 bits per heavy atom. The highest BCUT2D eigenvalue weighted by atomic mass is 16.6. The number of ether oxygens (including phenoxy) is 2. The molecule has 1 unspecified atom stereocenters. The van der Waals surface area contributed by atoms with Crippen molar-refractivity contribution in [1.82, 2.24) is 0 Å². The average molecular weight is 511 g/mol. The molecule has 36 heavy (non-hydrogen) atoms. The first-order valence-corrected chi connectivity index (χ1v) is 15.9. The Morgan fingerprint density at radius 3 is 1.14 bits per heavy atom. The third-order valence-corrected chi connectivity index (χ3v) is 7.03. The minimum atomic E-state index is -0.364. The Bertz CT molecular complexity index is 477. The van der Waals surface area contributed by atoms with E-state index in [0.717, 1.165) is 25.7 Å². The molecule has 4 heteroatoms. The van der Waals surface area contributed by atoms with Gasteiger partial charge in [-0.15, -0.1) is 0 Å². The molecule has 0 aromatic rings.